The molecular weight excluding hydrogens is 483 g/mol. The van der Waals surface area contributed by atoms with Gasteiger partial charge in [-0.15, -0.1) is 0 Å². The SMILES string of the molecule is CN1CCN(CCNc2nc(Nc3ccc(F)c(Cl)c3)ncc2-c2cccc(C=CC(=O)O)c2)CC1. The summed E-state index contributed by atoms with van der Waals surface area (Å²) in [5, 5.41) is 15.5. The summed E-state index contributed by atoms with van der Waals surface area (Å²) in [4.78, 5) is 24.8. The van der Waals surface area contributed by atoms with Crippen molar-refractivity contribution in [2.75, 3.05) is 56.9 Å². The topological polar surface area (TPSA) is 93.6 Å². The van der Waals surface area contributed by atoms with Crippen LogP contribution in [0.5, 0.6) is 0 Å². The zero-order chi connectivity index (χ0) is 25.5. The molecule has 8 nitrogen and oxygen atoms in total. The number of hydrogen-bond donors (Lipinski definition) is 3. The summed E-state index contributed by atoms with van der Waals surface area (Å²) >= 11 is 5.91. The van der Waals surface area contributed by atoms with Gasteiger partial charge in [0.1, 0.15) is 11.6 Å². The van der Waals surface area contributed by atoms with Crippen molar-refractivity contribution in [1.82, 2.24) is 19.8 Å². The third-order valence-corrected chi connectivity index (χ3v) is 6.19. The molecule has 0 spiro atoms. The van der Waals surface area contributed by atoms with Gasteiger partial charge in [0.25, 0.3) is 0 Å². The molecule has 0 radical (unpaired) electrons. The Morgan fingerprint density at radius 1 is 1.19 bits per heavy atom. The van der Waals surface area contributed by atoms with E-state index in [0.29, 0.717) is 24.0 Å². The van der Waals surface area contributed by atoms with Gasteiger partial charge in [0.2, 0.25) is 5.95 Å². The van der Waals surface area contributed by atoms with Gasteiger partial charge in [-0.1, -0.05) is 29.8 Å². The molecular formula is C26H28ClFN6O2. The van der Waals surface area contributed by atoms with Crippen molar-refractivity contribution in [2.24, 2.45) is 0 Å². The Morgan fingerprint density at radius 2 is 2.00 bits per heavy atom. The maximum absolute atomic E-state index is 13.5. The predicted octanol–water partition coefficient (Wildman–Crippen LogP) is 4.44. The van der Waals surface area contributed by atoms with Crippen LogP contribution in [-0.2, 0) is 4.79 Å². The fourth-order valence-corrected chi connectivity index (χ4v) is 4.05. The Kier molecular flexibility index (Phi) is 8.48. The average molecular weight is 511 g/mol. The fourth-order valence-electron chi connectivity index (χ4n) is 3.87. The van der Waals surface area contributed by atoms with Crippen molar-refractivity contribution < 1.29 is 14.3 Å². The largest absolute Gasteiger partial charge is 0.478 e. The number of nitrogens with zero attached hydrogens (tertiary/aromatic N) is 4. The van der Waals surface area contributed by atoms with Crippen LogP contribution < -0.4 is 10.6 Å². The van der Waals surface area contributed by atoms with Gasteiger partial charge >= 0.3 is 5.97 Å². The minimum Gasteiger partial charge on any atom is -0.478 e. The number of anilines is 3. The van der Waals surface area contributed by atoms with E-state index in [1.165, 1.54) is 12.1 Å². The normalized spacial score (nSPS) is 14.8. The molecule has 2 aromatic carbocycles. The van der Waals surface area contributed by atoms with Crippen LogP contribution in [0.4, 0.5) is 21.8 Å². The van der Waals surface area contributed by atoms with Gasteiger partial charge in [0, 0.05) is 62.8 Å². The lowest BCUT2D eigenvalue weighted by Gasteiger charge is -2.32. The summed E-state index contributed by atoms with van der Waals surface area (Å²) in [6.45, 7) is 5.69. The van der Waals surface area contributed by atoms with Gasteiger partial charge in [0.05, 0.1) is 5.02 Å². The van der Waals surface area contributed by atoms with Crippen molar-refractivity contribution in [3.8, 4) is 11.1 Å². The van der Waals surface area contributed by atoms with E-state index in [1.807, 2.05) is 24.3 Å². The maximum atomic E-state index is 13.5. The Hall–Kier alpha value is -3.53. The third kappa shape index (κ3) is 7.00. The molecule has 0 bridgehead atoms. The van der Waals surface area contributed by atoms with Crippen LogP contribution in [-0.4, -0.2) is 77.2 Å². The Bertz CT molecular complexity index is 1250. The van der Waals surface area contributed by atoms with Gasteiger partial charge in [-0.25, -0.2) is 14.2 Å². The maximum Gasteiger partial charge on any atom is 0.328 e. The Morgan fingerprint density at radius 3 is 2.75 bits per heavy atom. The molecule has 0 unspecified atom stereocenters. The van der Waals surface area contributed by atoms with Crippen LogP contribution >= 0.6 is 11.6 Å². The zero-order valence-corrected chi connectivity index (χ0v) is 20.7. The number of aromatic nitrogens is 2. The number of rotatable bonds is 9. The first-order valence-electron chi connectivity index (χ1n) is 11.6. The summed E-state index contributed by atoms with van der Waals surface area (Å²) < 4.78 is 13.5. The molecule has 10 heteroatoms. The fraction of sp³-hybridized carbons (Fsp3) is 0.269. The summed E-state index contributed by atoms with van der Waals surface area (Å²) in [7, 11) is 2.13. The number of aliphatic carboxylic acids is 1. The highest BCUT2D eigenvalue weighted by Crippen LogP contribution is 2.29. The molecule has 0 atom stereocenters. The number of halogens is 2. The lowest BCUT2D eigenvalue weighted by atomic mass is 10.0. The number of likely N-dealkylation sites (N-methyl/N-ethyl adjacent to an activating group) is 1. The summed E-state index contributed by atoms with van der Waals surface area (Å²) in [5.74, 6) is -0.535. The van der Waals surface area contributed by atoms with Crippen LogP contribution in [0, 0.1) is 5.82 Å². The van der Waals surface area contributed by atoms with E-state index in [-0.39, 0.29) is 5.02 Å². The van der Waals surface area contributed by atoms with Crippen LogP contribution in [0.2, 0.25) is 5.02 Å². The first-order valence-corrected chi connectivity index (χ1v) is 12.0. The van der Waals surface area contributed by atoms with Crippen LogP contribution in [0.25, 0.3) is 17.2 Å². The quantitative estimate of drug-likeness (QED) is 0.364. The molecule has 1 aromatic heterocycles. The molecule has 3 N–H and O–H groups in total. The highest BCUT2D eigenvalue weighted by Gasteiger charge is 2.15. The molecule has 4 rings (SSSR count). The predicted molar refractivity (Wildman–Crippen MR) is 141 cm³/mol. The van der Waals surface area contributed by atoms with Crippen LogP contribution in [0.3, 0.4) is 0 Å². The Labute approximate surface area is 214 Å². The van der Waals surface area contributed by atoms with Gasteiger partial charge in [-0.05, 0) is 48.5 Å². The minimum absolute atomic E-state index is 0.00776. The van der Waals surface area contributed by atoms with Crippen LogP contribution in [0.15, 0.2) is 54.7 Å². The van der Waals surface area contributed by atoms with Crippen LogP contribution in [0.1, 0.15) is 5.56 Å². The Balaban J connectivity index is 1.57. The molecule has 188 valence electrons. The number of nitrogens with one attached hydrogen (secondary N) is 2. The first-order chi connectivity index (χ1) is 17.4. The number of carbonyl (C=O) groups is 1. The highest BCUT2D eigenvalue weighted by atomic mass is 35.5. The smallest absolute Gasteiger partial charge is 0.328 e. The van der Waals surface area contributed by atoms with Crippen molar-refractivity contribution in [2.45, 2.75) is 0 Å². The summed E-state index contributed by atoms with van der Waals surface area (Å²) in [6.07, 6.45) is 4.35. The molecule has 1 saturated heterocycles. The molecule has 1 aliphatic heterocycles. The second-order valence-corrected chi connectivity index (χ2v) is 8.99. The van der Waals surface area contributed by atoms with E-state index < -0.39 is 11.8 Å². The lowest BCUT2D eigenvalue weighted by Crippen LogP contribution is -2.45. The van der Waals surface area contributed by atoms with E-state index in [9.17, 15) is 9.18 Å². The lowest BCUT2D eigenvalue weighted by molar-refractivity contribution is -0.131. The molecule has 0 saturated carbocycles. The van der Waals surface area contributed by atoms with Gasteiger partial charge in [-0.3, -0.25) is 4.90 Å². The van der Waals surface area contributed by atoms with E-state index in [2.05, 4.69) is 37.4 Å². The van der Waals surface area contributed by atoms with E-state index in [1.54, 1.807) is 18.3 Å². The minimum atomic E-state index is -1.01. The summed E-state index contributed by atoms with van der Waals surface area (Å²) in [6, 6.07) is 11.8. The molecule has 2 heterocycles. The third-order valence-electron chi connectivity index (χ3n) is 5.90. The van der Waals surface area contributed by atoms with E-state index in [4.69, 9.17) is 16.7 Å². The number of carboxylic acids is 1. The molecule has 36 heavy (non-hydrogen) atoms. The standard InChI is InChI=1S/C26H28ClFN6O2/c1-33-11-13-34(14-12-33)10-9-29-25-21(19-4-2-3-18(15-19)5-8-24(35)36)17-30-26(32-25)31-20-6-7-23(28)22(27)16-20/h2-8,15-17H,9-14H2,1H3,(H,35,36)(H2,29,30,31,32). The molecule has 0 amide bonds. The molecule has 0 aliphatic carbocycles. The van der Waals surface area contributed by atoms with E-state index >= 15 is 0 Å². The number of piperazine rings is 1. The molecule has 3 aromatic rings. The zero-order valence-electron chi connectivity index (χ0n) is 19.9. The first kappa shape index (κ1) is 25.6. The number of benzene rings is 2. The number of hydrogen-bond acceptors (Lipinski definition) is 7. The van der Waals surface area contributed by atoms with Gasteiger partial charge in [0.15, 0.2) is 0 Å². The molecule has 1 aliphatic rings. The number of carboxylic acid groups (broad SMARTS) is 1. The van der Waals surface area contributed by atoms with Crippen molar-refractivity contribution >= 4 is 41.1 Å². The monoisotopic (exact) mass is 510 g/mol. The highest BCUT2D eigenvalue weighted by molar-refractivity contribution is 6.31. The van der Waals surface area contributed by atoms with Crippen molar-refractivity contribution in [3.63, 3.8) is 0 Å². The van der Waals surface area contributed by atoms with E-state index in [0.717, 1.165) is 55.5 Å². The van der Waals surface area contributed by atoms with Gasteiger partial charge in [-0.2, -0.15) is 4.98 Å². The average Bonchev–Trinajstić information content (AvgIpc) is 2.86. The van der Waals surface area contributed by atoms with Crippen molar-refractivity contribution in [1.29, 1.82) is 0 Å². The molecule has 1 fully saturated rings. The van der Waals surface area contributed by atoms with Crippen molar-refractivity contribution in [3.05, 3.63) is 71.1 Å². The van der Waals surface area contributed by atoms with Gasteiger partial charge < -0.3 is 20.6 Å². The summed E-state index contributed by atoms with van der Waals surface area (Å²) in [5.41, 5.74) is 2.95. The second kappa shape index (κ2) is 11.9. The second-order valence-electron chi connectivity index (χ2n) is 8.58.